The Bertz CT molecular complexity index is 749. The number of ether oxygens (including phenoxy) is 4. The van der Waals surface area contributed by atoms with E-state index in [1.807, 2.05) is 48.5 Å². The molecule has 3 atom stereocenters. The summed E-state index contributed by atoms with van der Waals surface area (Å²) in [6.45, 7) is 2.58. The van der Waals surface area contributed by atoms with Crippen molar-refractivity contribution < 1.29 is 24.1 Å². The van der Waals surface area contributed by atoms with Gasteiger partial charge in [0.05, 0.1) is 39.1 Å². The van der Waals surface area contributed by atoms with Gasteiger partial charge in [0.2, 0.25) is 0 Å². The van der Waals surface area contributed by atoms with Crippen LogP contribution in [0.3, 0.4) is 0 Å². The van der Waals surface area contributed by atoms with Crippen LogP contribution in [0.5, 0.6) is 11.5 Å². The Labute approximate surface area is 159 Å². The van der Waals surface area contributed by atoms with Crippen molar-refractivity contribution in [3.05, 3.63) is 59.7 Å². The van der Waals surface area contributed by atoms with Gasteiger partial charge in [0.25, 0.3) is 0 Å². The van der Waals surface area contributed by atoms with E-state index in [2.05, 4.69) is 4.90 Å². The largest absolute Gasteiger partial charge is 0.497 e. The van der Waals surface area contributed by atoms with Crippen LogP contribution in [0.1, 0.15) is 30.5 Å². The number of benzene rings is 2. The summed E-state index contributed by atoms with van der Waals surface area (Å²) in [7, 11) is 3.29. The highest BCUT2D eigenvalue weighted by Crippen LogP contribution is 2.50. The maximum absolute atomic E-state index is 10.6. The van der Waals surface area contributed by atoms with E-state index in [0.29, 0.717) is 13.2 Å². The van der Waals surface area contributed by atoms with Gasteiger partial charge in [0, 0.05) is 0 Å². The number of hydrogen-bond donors (Lipinski definition) is 1. The summed E-state index contributed by atoms with van der Waals surface area (Å²) in [6, 6.07) is 15.6. The van der Waals surface area contributed by atoms with E-state index in [9.17, 15) is 5.11 Å². The minimum absolute atomic E-state index is 0.339. The second kappa shape index (κ2) is 7.13. The van der Waals surface area contributed by atoms with Gasteiger partial charge < -0.3 is 24.1 Å². The van der Waals surface area contributed by atoms with E-state index in [-0.39, 0.29) is 12.5 Å². The van der Waals surface area contributed by atoms with E-state index < -0.39 is 11.6 Å². The SMILES string of the molecule is COc1cccc(C2OCC3(C(C)O)COC(c4cccc(OC)c4)N23)c1. The Morgan fingerprint density at radius 2 is 1.44 bits per heavy atom. The summed E-state index contributed by atoms with van der Waals surface area (Å²) < 4.78 is 23.1. The van der Waals surface area contributed by atoms with Crippen LogP contribution in [-0.4, -0.2) is 49.1 Å². The molecule has 0 aromatic heterocycles. The smallest absolute Gasteiger partial charge is 0.139 e. The van der Waals surface area contributed by atoms with Crippen LogP contribution in [-0.2, 0) is 9.47 Å². The first kappa shape index (κ1) is 18.3. The molecule has 6 nitrogen and oxygen atoms in total. The van der Waals surface area contributed by atoms with Gasteiger partial charge in [0.15, 0.2) is 0 Å². The summed E-state index contributed by atoms with van der Waals surface area (Å²) in [4.78, 5) is 2.14. The van der Waals surface area contributed by atoms with Gasteiger partial charge >= 0.3 is 0 Å². The molecule has 2 aliphatic rings. The molecule has 4 rings (SSSR count). The van der Waals surface area contributed by atoms with Crippen molar-refractivity contribution in [2.45, 2.75) is 31.0 Å². The Kier molecular flexibility index (Phi) is 4.82. The molecule has 0 amide bonds. The molecule has 27 heavy (non-hydrogen) atoms. The van der Waals surface area contributed by atoms with E-state index in [4.69, 9.17) is 18.9 Å². The van der Waals surface area contributed by atoms with Crippen molar-refractivity contribution >= 4 is 0 Å². The van der Waals surface area contributed by atoms with Crippen molar-refractivity contribution in [1.29, 1.82) is 0 Å². The maximum Gasteiger partial charge on any atom is 0.139 e. The number of nitrogens with zero attached hydrogens (tertiary/aromatic N) is 1. The van der Waals surface area contributed by atoms with Crippen molar-refractivity contribution in [3.63, 3.8) is 0 Å². The summed E-state index contributed by atoms with van der Waals surface area (Å²) in [5, 5.41) is 10.6. The zero-order valence-electron chi connectivity index (χ0n) is 15.8. The van der Waals surface area contributed by atoms with Gasteiger partial charge in [-0.2, -0.15) is 0 Å². The minimum Gasteiger partial charge on any atom is -0.497 e. The number of rotatable bonds is 5. The molecular weight excluding hydrogens is 346 g/mol. The molecule has 0 saturated carbocycles. The predicted octanol–water partition coefficient (Wildman–Crippen LogP) is 2.88. The maximum atomic E-state index is 10.6. The molecule has 3 unspecified atom stereocenters. The van der Waals surface area contributed by atoms with Crippen LogP contribution in [0.25, 0.3) is 0 Å². The summed E-state index contributed by atoms with van der Waals surface area (Å²) >= 11 is 0. The lowest BCUT2D eigenvalue weighted by Gasteiger charge is -2.36. The van der Waals surface area contributed by atoms with Crippen molar-refractivity contribution in [3.8, 4) is 11.5 Å². The molecule has 2 aliphatic heterocycles. The molecule has 2 fully saturated rings. The third-order valence-electron chi connectivity index (χ3n) is 5.54. The fourth-order valence-corrected chi connectivity index (χ4v) is 3.95. The Morgan fingerprint density at radius 3 is 1.85 bits per heavy atom. The van der Waals surface area contributed by atoms with Crippen LogP contribution in [0.4, 0.5) is 0 Å². The summed E-state index contributed by atoms with van der Waals surface area (Å²) in [5.74, 6) is 1.53. The number of methoxy groups -OCH3 is 2. The first-order chi connectivity index (χ1) is 13.1. The van der Waals surface area contributed by atoms with Gasteiger partial charge in [0.1, 0.15) is 24.0 Å². The van der Waals surface area contributed by atoms with Crippen molar-refractivity contribution in [2.24, 2.45) is 0 Å². The Hall–Kier alpha value is -2.12. The third-order valence-corrected chi connectivity index (χ3v) is 5.54. The fourth-order valence-electron chi connectivity index (χ4n) is 3.95. The van der Waals surface area contributed by atoms with Gasteiger partial charge in [-0.05, 0) is 42.3 Å². The highest BCUT2D eigenvalue weighted by atomic mass is 16.6. The first-order valence-corrected chi connectivity index (χ1v) is 9.06. The monoisotopic (exact) mass is 371 g/mol. The molecule has 0 aliphatic carbocycles. The predicted molar refractivity (Wildman–Crippen MR) is 99.6 cm³/mol. The lowest BCUT2D eigenvalue weighted by molar-refractivity contribution is -0.0655. The molecule has 144 valence electrons. The minimum atomic E-state index is -0.608. The number of aliphatic hydroxyl groups is 1. The van der Waals surface area contributed by atoms with E-state index in [1.54, 1.807) is 21.1 Å². The molecule has 0 spiro atoms. The molecule has 0 radical (unpaired) electrons. The molecule has 0 bridgehead atoms. The quantitative estimate of drug-likeness (QED) is 0.872. The Morgan fingerprint density at radius 1 is 0.963 bits per heavy atom. The van der Waals surface area contributed by atoms with Gasteiger partial charge in [-0.1, -0.05) is 24.3 Å². The second-order valence-corrected chi connectivity index (χ2v) is 7.07. The lowest BCUT2D eigenvalue weighted by atomic mass is 9.94. The number of hydrogen-bond acceptors (Lipinski definition) is 6. The van der Waals surface area contributed by atoms with Crippen molar-refractivity contribution in [2.75, 3.05) is 27.4 Å². The molecule has 2 saturated heterocycles. The van der Waals surface area contributed by atoms with E-state index in [0.717, 1.165) is 22.6 Å². The van der Waals surface area contributed by atoms with E-state index >= 15 is 0 Å². The summed E-state index contributed by atoms with van der Waals surface area (Å²) in [5.41, 5.74) is 1.34. The normalized spacial score (nSPS) is 28.7. The molecule has 1 N–H and O–H groups in total. The number of aliphatic hydroxyl groups excluding tert-OH is 1. The first-order valence-electron chi connectivity index (χ1n) is 9.06. The molecule has 2 aromatic carbocycles. The summed E-state index contributed by atoms with van der Waals surface area (Å²) in [6.07, 6.45) is -1.29. The molecular formula is C21H25NO5. The topological polar surface area (TPSA) is 60.4 Å². The Balaban J connectivity index is 1.75. The lowest BCUT2D eigenvalue weighted by Crippen LogP contribution is -2.52. The van der Waals surface area contributed by atoms with E-state index in [1.165, 1.54) is 0 Å². The zero-order valence-corrected chi connectivity index (χ0v) is 15.8. The van der Waals surface area contributed by atoms with Gasteiger partial charge in [-0.15, -0.1) is 0 Å². The van der Waals surface area contributed by atoms with Crippen LogP contribution >= 0.6 is 0 Å². The highest BCUT2D eigenvalue weighted by Gasteiger charge is 2.59. The zero-order chi connectivity index (χ0) is 19.0. The average molecular weight is 371 g/mol. The van der Waals surface area contributed by atoms with Crippen LogP contribution in [0, 0.1) is 0 Å². The van der Waals surface area contributed by atoms with Crippen molar-refractivity contribution in [1.82, 2.24) is 4.90 Å². The highest BCUT2D eigenvalue weighted by molar-refractivity contribution is 5.34. The molecule has 2 aromatic rings. The van der Waals surface area contributed by atoms with Crippen LogP contribution in [0.15, 0.2) is 48.5 Å². The second-order valence-electron chi connectivity index (χ2n) is 7.07. The molecule has 2 heterocycles. The van der Waals surface area contributed by atoms with Gasteiger partial charge in [-0.3, -0.25) is 0 Å². The number of fused-ring (bicyclic) bond motifs is 1. The van der Waals surface area contributed by atoms with Crippen LogP contribution in [0.2, 0.25) is 0 Å². The van der Waals surface area contributed by atoms with Gasteiger partial charge in [-0.25, -0.2) is 4.90 Å². The third kappa shape index (κ3) is 2.99. The fraction of sp³-hybridized carbons (Fsp3) is 0.429. The standard InChI is InChI=1S/C21H25NO5/c1-14(23)21-12-26-19(15-6-4-8-17(10-15)24-2)22(21)20(27-13-21)16-7-5-9-18(11-16)25-3/h4-11,14,19-20,23H,12-13H2,1-3H3. The average Bonchev–Trinajstić information content (AvgIpc) is 3.26. The molecule has 6 heteroatoms. The van der Waals surface area contributed by atoms with Crippen LogP contribution < -0.4 is 9.47 Å².